The molecular weight excluding hydrogens is 772 g/mol. The number of carboxylic acids is 1. The fourth-order valence-corrected chi connectivity index (χ4v) is 7.50. The van der Waals surface area contributed by atoms with Crippen LogP contribution in [-0.4, -0.2) is 153 Å². The molecule has 3 fully saturated rings. The van der Waals surface area contributed by atoms with Gasteiger partial charge in [0.1, 0.15) is 42.4 Å². The van der Waals surface area contributed by atoms with Crippen molar-refractivity contribution in [1.29, 1.82) is 0 Å². The van der Waals surface area contributed by atoms with Gasteiger partial charge in [-0.05, 0) is 67.8 Å². The first-order valence-electron chi connectivity index (χ1n) is 18.4. The maximum Gasteiger partial charge on any atom is 0.307 e. The fourth-order valence-electron chi connectivity index (χ4n) is 7.38. The number of carbonyl (C=O) groups is 2. The molecule has 6 rings (SSSR count). The van der Waals surface area contributed by atoms with Gasteiger partial charge in [0.2, 0.25) is 0 Å². The van der Waals surface area contributed by atoms with Crippen molar-refractivity contribution in [3.05, 3.63) is 64.3 Å². The summed E-state index contributed by atoms with van der Waals surface area (Å²) in [6, 6.07) is 8.60. The van der Waals surface area contributed by atoms with Crippen molar-refractivity contribution in [2.45, 2.75) is 112 Å². The molecule has 3 aromatic rings. The van der Waals surface area contributed by atoms with Crippen molar-refractivity contribution >= 4 is 34.4 Å². The molecule has 0 amide bonds. The molecular formula is C37H53ClN6O13. The van der Waals surface area contributed by atoms with E-state index in [0.29, 0.717) is 38.5 Å². The third-order valence-electron chi connectivity index (χ3n) is 10.6. The second-order valence-electron chi connectivity index (χ2n) is 14.4. The maximum absolute atomic E-state index is 13.0. The maximum atomic E-state index is 13.0. The Kier molecular flexibility index (Phi) is 15.0. The number of benzene rings is 2. The van der Waals surface area contributed by atoms with Crippen LogP contribution in [0.25, 0.3) is 10.9 Å². The normalized spacial score (nSPS) is 34.3. The van der Waals surface area contributed by atoms with Gasteiger partial charge in [-0.25, -0.2) is 0 Å². The molecule has 316 valence electrons. The van der Waals surface area contributed by atoms with E-state index in [-0.39, 0.29) is 31.7 Å². The number of carbonyl (C=O) groups excluding carboxylic acids is 1. The minimum absolute atomic E-state index is 0.0542. The molecule has 3 aliphatic rings. The van der Waals surface area contributed by atoms with Gasteiger partial charge in [-0.2, -0.15) is 0 Å². The van der Waals surface area contributed by atoms with Gasteiger partial charge in [0.25, 0.3) is 5.91 Å². The number of hydrogen-bond donors (Lipinski definition) is 11. The minimum atomic E-state index is -1.44. The highest BCUT2D eigenvalue weighted by Gasteiger charge is 2.50. The Balaban J connectivity index is 0.000000224. The van der Waals surface area contributed by atoms with E-state index in [1.54, 1.807) is 56.5 Å². The predicted octanol–water partition coefficient (Wildman–Crippen LogP) is -2.37. The molecule has 2 aliphatic heterocycles. The van der Waals surface area contributed by atoms with Crippen LogP contribution < -0.4 is 33.4 Å². The number of methoxy groups -OCH3 is 1. The lowest BCUT2D eigenvalue weighted by Crippen LogP contribution is -2.68. The van der Waals surface area contributed by atoms with Crippen LogP contribution in [-0.2, 0) is 30.2 Å². The molecule has 2 saturated heterocycles. The van der Waals surface area contributed by atoms with Gasteiger partial charge in [-0.1, -0.05) is 11.6 Å². The number of hydrogen-bond acceptors (Lipinski definition) is 17. The molecule has 0 unspecified atom stereocenters. The van der Waals surface area contributed by atoms with Gasteiger partial charge >= 0.3 is 5.97 Å². The van der Waals surface area contributed by atoms with Gasteiger partial charge in [0, 0.05) is 40.3 Å². The first kappa shape index (κ1) is 44.7. The van der Waals surface area contributed by atoms with Crippen LogP contribution in [0.4, 0.5) is 0 Å². The van der Waals surface area contributed by atoms with Crippen LogP contribution in [0.15, 0.2) is 42.5 Å². The molecule has 20 heteroatoms. The van der Waals surface area contributed by atoms with Gasteiger partial charge in [0.05, 0.1) is 49.9 Å². The van der Waals surface area contributed by atoms with E-state index in [4.69, 9.17) is 64.0 Å². The summed E-state index contributed by atoms with van der Waals surface area (Å²) in [7, 11) is 1.54. The smallest absolute Gasteiger partial charge is 0.307 e. The number of rotatable bonds is 10. The highest BCUT2D eigenvalue weighted by Crippen LogP contribution is 2.32. The Bertz CT molecular complexity index is 1840. The lowest BCUT2D eigenvalue weighted by atomic mass is 9.84. The molecule has 0 radical (unpaired) electrons. The second-order valence-corrected chi connectivity index (χ2v) is 14.9. The lowest BCUT2D eigenvalue weighted by Gasteiger charge is -2.47. The summed E-state index contributed by atoms with van der Waals surface area (Å²) in [5, 5.41) is 61.2. The van der Waals surface area contributed by atoms with E-state index in [2.05, 4.69) is 0 Å². The van der Waals surface area contributed by atoms with Gasteiger partial charge in [-0.15, -0.1) is 0 Å². The van der Waals surface area contributed by atoms with E-state index in [1.165, 1.54) is 4.57 Å². The molecule has 2 aromatic carbocycles. The number of aliphatic hydroxyl groups is 5. The zero-order valence-electron chi connectivity index (χ0n) is 31.4. The molecule has 57 heavy (non-hydrogen) atoms. The topological polar surface area (TPSA) is 337 Å². The summed E-state index contributed by atoms with van der Waals surface area (Å²) in [6.45, 7) is 1.25. The summed E-state index contributed by atoms with van der Waals surface area (Å²) in [4.78, 5) is 24.3. The molecule has 14 atom stereocenters. The number of aromatic nitrogens is 1. The lowest BCUT2D eigenvalue weighted by molar-refractivity contribution is -0.314. The molecule has 1 aromatic heterocycles. The Morgan fingerprint density at radius 3 is 2.05 bits per heavy atom. The molecule has 19 nitrogen and oxygen atoms in total. The Labute approximate surface area is 333 Å². The van der Waals surface area contributed by atoms with Gasteiger partial charge < -0.3 is 83.0 Å². The summed E-state index contributed by atoms with van der Waals surface area (Å²) >= 11 is 5.89. The average Bonchev–Trinajstić information content (AvgIpc) is 3.44. The number of fused-ring (bicyclic) bond motifs is 1. The number of nitrogens with two attached hydrogens (primary N) is 5. The third kappa shape index (κ3) is 9.76. The molecule has 3 heterocycles. The Hall–Kier alpha value is -3.35. The Morgan fingerprint density at radius 1 is 0.860 bits per heavy atom. The van der Waals surface area contributed by atoms with Crippen molar-refractivity contribution in [2.24, 2.45) is 28.7 Å². The van der Waals surface area contributed by atoms with Crippen molar-refractivity contribution in [1.82, 2.24) is 4.57 Å². The van der Waals surface area contributed by atoms with Gasteiger partial charge in [0.15, 0.2) is 12.6 Å². The predicted molar refractivity (Wildman–Crippen MR) is 204 cm³/mol. The minimum Gasteiger partial charge on any atom is -0.497 e. The number of aliphatic carboxylic acids is 1. The number of ether oxygens (including phenoxy) is 5. The van der Waals surface area contributed by atoms with Crippen LogP contribution in [0.3, 0.4) is 0 Å². The molecule has 0 spiro atoms. The molecule has 0 bridgehead atoms. The quantitative estimate of drug-likeness (QED) is 0.102. The SMILES string of the molecule is COc1ccc2c(c1)c(CC(=O)O)c(C)n2C(=O)c1ccc(Cl)cc1.NC[C@H]1O[C@H](O[C@H]2[C@H](O)[C@@H](O[C@H]3O[C@H](CO)[C@@H](O)[C@H](N)[C@H]3O)[C@H](N)C[C@@H]2N)[C@H](N)C[C@@H]1O. The average molecular weight is 825 g/mol. The summed E-state index contributed by atoms with van der Waals surface area (Å²) in [5.74, 6) is -0.583. The van der Waals surface area contributed by atoms with E-state index in [1.807, 2.05) is 0 Å². The van der Waals surface area contributed by atoms with E-state index in [0.717, 1.165) is 0 Å². The largest absolute Gasteiger partial charge is 0.497 e. The first-order valence-corrected chi connectivity index (χ1v) is 18.8. The third-order valence-corrected chi connectivity index (χ3v) is 10.8. The number of aliphatic hydroxyl groups excluding tert-OH is 5. The number of nitrogens with zero attached hydrogens (tertiary/aromatic N) is 1. The Morgan fingerprint density at radius 2 is 1.47 bits per heavy atom. The van der Waals surface area contributed by atoms with Crippen molar-refractivity contribution in [3.63, 3.8) is 0 Å². The summed E-state index contributed by atoms with van der Waals surface area (Å²) in [6.07, 6.45) is -10.9. The summed E-state index contributed by atoms with van der Waals surface area (Å²) in [5.41, 5.74) is 32.1. The fraction of sp³-hybridized carbons (Fsp3) is 0.568. The highest BCUT2D eigenvalue weighted by atomic mass is 35.5. The van der Waals surface area contributed by atoms with Crippen LogP contribution in [0, 0.1) is 6.92 Å². The van der Waals surface area contributed by atoms with E-state index >= 15 is 0 Å². The first-order chi connectivity index (χ1) is 27.0. The standard InChI is InChI=1S/C19H16ClNO4.C18H37N5O9/c1-11-15(10-18(22)23)16-9-14(25-2)7-8-17(16)21(11)19(24)12-3-5-13(20)6-4-12;19-3-9-8(25)2-7(22)17(29-9)31-15-5(20)1-6(21)16(14(15)28)32-18-13(27)11(23)12(26)10(4-24)30-18/h3-9H,10H2,1-2H3,(H,22,23);5-18,24-28H,1-4,19-23H2/t;5-,6+,7+,8-,9+,10+,11-,12+,13+,14-,15+,16-,17+,18+/m.0/s1. The monoisotopic (exact) mass is 824 g/mol. The van der Waals surface area contributed by atoms with Gasteiger partial charge in [-0.3, -0.25) is 14.2 Å². The molecule has 1 saturated carbocycles. The van der Waals surface area contributed by atoms with Crippen molar-refractivity contribution in [3.8, 4) is 5.75 Å². The van der Waals surface area contributed by atoms with Crippen LogP contribution in [0.2, 0.25) is 5.02 Å². The van der Waals surface area contributed by atoms with Crippen molar-refractivity contribution in [2.75, 3.05) is 20.3 Å². The van der Waals surface area contributed by atoms with Crippen LogP contribution in [0.5, 0.6) is 5.75 Å². The molecule has 16 N–H and O–H groups in total. The second kappa shape index (κ2) is 19.1. The zero-order valence-corrected chi connectivity index (χ0v) is 32.2. The van der Waals surface area contributed by atoms with E-state index in [9.17, 15) is 40.2 Å². The highest BCUT2D eigenvalue weighted by molar-refractivity contribution is 6.30. The number of carboxylic acid groups (broad SMARTS) is 1. The molecule has 1 aliphatic carbocycles. The van der Waals surface area contributed by atoms with E-state index < -0.39 is 98.2 Å². The van der Waals surface area contributed by atoms with Crippen molar-refractivity contribution < 1.29 is 63.9 Å². The summed E-state index contributed by atoms with van der Waals surface area (Å²) < 4.78 is 29.5. The zero-order chi connectivity index (χ0) is 41.9. The van der Waals surface area contributed by atoms with Crippen LogP contribution in [0.1, 0.15) is 34.5 Å². The van der Waals surface area contributed by atoms with Crippen LogP contribution >= 0.6 is 11.6 Å². The number of halogens is 1.